The van der Waals surface area contributed by atoms with E-state index < -0.39 is 8.60 Å². The van der Waals surface area contributed by atoms with Gasteiger partial charge in [0, 0.05) is 33.7 Å². The molecule has 9 heteroatoms. The van der Waals surface area contributed by atoms with Crippen molar-refractivity contribution in [2.24, 2.45) is 5.92 Å². The Morgan fingerprint density at radius 3 is 2.74 bits per heavy atom. The van der Waals surface area contributed by atoms with Crippen LogP contribution in [0.3, 0.4) is 0 Å². The van der Waals surface area contributed by atoms with Crippen LogP contribution in [-0.2, 0) is 4.52 Å². The van der Waals surface area contributed by atoms with E-state index in [0.29, 0.717) is 19.1 Å². The number of aromatic amines is 1. The van der Waals surface area contributed by atoms with E-state index >= 15 is 0 Å². The number of fused-ring (bicyclic) bond motifs is 3. The number of piperidine rings is 1. The predicted molar refractivity (Wildman–Crippen MR) is 155 cm³/mol. The van der Waals surface area contributed by atoms with E-state index in [-0.39, 0.29) is 0 Å². The predicted octanol–water partition coefficient (Wildman–Crippen LogP) is 6.26. The molecule has 1 aliphatic carbocycles. The summed E-state index contributed by atoms with van der Waals surface area (Å²) in [5, 5.41) is 3.07. The monoisotopic (exact) mass is 551 g/mol. The van der Waals surface area contributed by atoms with Crippen LogP contribution in [0.5, 0.6) is 5.75 Å². The number of pyridine rings is 1. The minimum atomic E-state index is -2.27. The summed E-state index contributed by atoms with van der Waals surface area (Å²) in [7, 11) is -2.27. The van der Waals surface area contributed by atoms with Gasteiger partial charge in [0.2, 0.25) is 0 Å². The molecule has 1 saturated heterocycles. The molecule has 0 amide bonds. The molecule has 0 radical (unpaired) electrons. The van der Waals surface area contributed by atoms with Crippen molar-refractivity contribution in [3.63, 3.8) is 0 Å². The molecule has 0 bridgehead atoms. The quantitative estimate of drug-likeness (QED) is 0.200. The Hall–Kier alpha value is -2.19. The molecule has 0 unspecified atom stereocenters. The molecular formula is C29H34N3O4PS. The zero-order valence-electron chi connectivity index (χ0n) is 21.6. The van der Waals surface area contributed by atoms with Crippen LogP contribution in [0.25, 0.3) is 33.1 Å². The van der Waals surface area contributed by atoms with E-state index in [2.05, 4.69) is 59.3 Å². The molecule has 3 heterocycles. The van der Waals surface area contributed by atoms with Gasteiger partial charge in [-0.15, -0.1) is 11.8 Å². The summed E-state index contributed by atoms with van der Waals surface area (Å²) in [6.07, 6.45) is 6.65. The summed E-state index contributed by atoms with van der Waals surface area (Å²) in [5.74, 6) is 1.36. The van der Waals surface area contributed by atoms with Gasteiger partial charge in [0.1, 0.15) is 11.4 Å². The largest absolute Gasteiger partial charge is 0.491 e. The fraction of sp³-hybridized carbons (Fsp3) is 0.414. The highest BCUT2D eigenvalue weighted by atomic mass is 32.2. The highest BCUT2D eigenvalue weighted by molar-refractivity contribution is 8.00. The number of hydrogen-bond acceptors (Lipinski definition) is 7. The van der Waals surface area contributed by atoms with Gasteiger partial charge in [0.25, 0.3) is 0 Å². The first kappa shape index (κ1) is 26.1. The Labute approximate surface area is 228 Å². The van der Waals surface area contributed by atoms with Crippen LogP contribution in [0.1, 0.15) is 31.2 Å². The van der Waals surface area contributed by atoms with E-state index in [4.69, 9.17) is 24.0 Å². The van der Waals surface area contributed by atoms with E-state index in [1.165, 1.54) is 34.3 Å². The molecule has 0 spiro atoms. The average Bonchev–Trinajstić information content (AvgIpc) is 3.65. The highest BCUT2D eigenvalue weighted by Gasteiger charge is 2.24. The van der Waals surface area contributed by atoms with Crippen LogP contribution in [0, 0.1) is 12.8 Å². The number of rotatable bonds is 10. The van der Waals surface area contributed by atoms with Crippen molar-refractivity contribution < 1.29 is 19.0 Å². The maximum Gasteiger partial charge on any atom is 0.327 e. The summed E-state index contributed by atoms with van der Waals surface area (Å²) in [4.78, 5) is 29.7. The van der Waals surface area contributed by atoms with Gasteiger partial charge in [-0.2, -0.15) is 0 Å². The first-order chi connectivity index (χ1) is 18.5. The maximum atomic E-state index is 8.92. The Bertz CT molecular complexity index is 1420. The van der Waals surface area contributed by atoms with Gasteiger partial charge in [-0.25, -0.2) is 4.98 Å². The molecule has 200 valence electrons. The van der Waals surface area contributed by atoms with E-state index in [1.54, 1.807) is 0 Å². The summed E-state index contributed by atoms with van der Waals surface area (Å²) >= 11 is 1.99. The normalized spacial score (nSPS) is 17.2. The van der Waals surface area contributed by atoms with Crippen molar-refractivity contribution in [2.75, 3.05) is 32.8 Å². The lowest BCUT2D eigenvalue weighted by atomic mass is 9.97. The van der Waals surface area contributed by atoms with Crippen LogP contribution >= 0.6 is 20.4 Å². The summed E-state index contributed by atoms with van der Waals surface area (Å²) in [6, 6.07) is 15.4. The number of aromatic nitrogens is 2. The molecule has 2 fully saturated rings. The number of nitrogens with one attached hydrogen (secondary N) is 1. The number of ether oxygens (including phenoxy) is 1. The fourth-order valence-electron chi connectivity index (χ4n) is 5.28. The van der Waals surface area contributed by atoms with Crippen LogP contribution in [0.15, 0.2) is 53.6 Å². The van der Waals surface area contributed by atoms with Gasteiger partial charge in [-0.1, -0.05) is 12.1 Å². The second kappa shape index (κ2) is 11.5. The third kappa shape index (κ3) is 6.01. The number of thioether (sulfide) groups is 1. The van der Waals surface area contributed by atoms with Crippen molar-refractivity contribution in [2.45, 2.75) is 42.8 Å². The summed E-state index contributed by atoms with van der Waals surface area (Å²) in [5.41, 5.74) is 5.46. The van der Waals surface area contributed by atoms with Gasteiger partial charge >= 0.3 is 8.60 Å². The molecule has 2 aromatic heterocycles. The molecular weight excluding hydrogens is 517 g/mol. The minimum absolute atomic E-state index is 0.347. The number of H-pyrrole nitrogens is 1. The molecule has 0 atom stereocenters. The third-order valence-electron chi connectivity index (χ3n) is 7.47. The first-order valence-corrected chi connectivity index (χ1v) is 15.4. The second-order valence-corrected chi connectivity index (χ2v) is 12.6. The maximum absolute atomic E-state index is 8.92. The lowest BCUT2D eigenvalue weighted by Gasteiger charge is -2.31. The van der Waals surface area contributed by atoms with Crippen molar-refractivity contribution in [3.05, 3.63) is 54.2 Å². The molecule has 6 rings (SSSR count). The number of aryl methyl sites for hydroxylation is 1. The lowest BCUT2D eigenvalue weighted by molar-refractivity contribution is 0.123. The van der Waals surface area contributed by atoms with E-state index in [0.717, 1.165) is 65.6 Å². The fourth-order valence-corrected chi connectivity index (χ4v) is 6.63. The van der Waals surface area contributed by atoms with Gasteiger partial charge in [-0.05, 0) is 98.6 Å². The standard InChI is InChI=1S/C29H34N3O4PS/c1-19-15-25-27-24(21-3-2-4-23(16-21)38-22-5-6-22)7-8-26(28(27)31-29(25)30-17-19)35-18-20-9-11-32(12-10-20)13-14-36-37(33)34/h2-4,7-8,15-17,20,22,33-34H,5-6,9-14,18H2,1H3,(H,30,31). The zero-order chi connectivity index (χ0) is 26.1. The summed E-state index contributed by atoms with van der Waals surface area (Å²) in [6.45, 7) is 5.75. The van der Waals surface area contributed by atoms with Crippen molar-refractivity contribution in [1.29, 1.82) is 0 Å². The molecule has 2 aliphatic rings. The number of nitrogens with zero attached hydrogens (tertiary/aromatic N) is 2. The molecule has 3 N–H and O–H groups in total. The van der Waals surface area contributed by atoms with Crippen molar-refractivity contribution in [3.8, 4) is 16.9 Å². The Balaban J connectivity index is 1.23. The molecule has 4 aromatic rings. The first-order valence-electron chi connectivity index (χ1n) is 13.4. The van der Waals surface area contributed by atoms with Gasteiger partial charge in [0.05, 0.1) is 18.7 Å². The van der Waals surface area contributed by atoms with Gasteiger partial charge < -0.3 is 28.9 Å². The molecule has 7 nitrogen and oxygen atoms in total. The zero-order valence-corrected chi connectivity index (χ0v) is 23.3. The Kier molecular flexibility index (Phi) is 7.89. The summed E-state index contributed by atoms with van der Waals surface area (Å²) < 4.78 is 11.4. The van der Waals surface area contributed by atoms with Gasteiger partial charge in [-0.3, -0.25) is 0 Å². The third-order valence-corrected chi connectivity index (χ3v) is 9.22. The van der Waals surface area contributed by atoms with Crippen LogP contribution < -0.4 is 4.74 Å². The average molecular weight is 552 g/mol. The van der Waals surface area contributed by atoms with Crippen LogP contribution in [0.4, 0.5) is 0 Å². The van der Waals surface area contributed by atoms with E-state index in [9.17, 15) is 0 Å². The minimum Gasteiger partial charge on any atom is -0.491 e. The molecule has 1 aliphatic heterocycles. The smallest absolute Gasteiger partial charge is 0.327 e. The Morgan fingerprint density at radius 2 is 1.95 bits per heavy atom. The highest BCUT2D eigenvalue weighted by Crippen LogP contribution is 2.43. The topological polar surface area (TPSA) is 90.8 Å². The van der Waals surface area contributed by atoms with E-state index in [1.807, 2.05) is 18.0 Å². The second-order valence-electron chi connectivity index (χ2n) is 10.4. The van der Waals surface area contributed by atoms with Crippen LogP contribution in [0.2, 0.25) is 0 Å². The number of likely N-dealkylation sites (tertiary alicyclic amines) is 1. The lowest BCUT2D eigenvalue weighted by Crippen LogP contribution is -2.37. The number of hydrogen-bond donors (Lipinski definition) is 3. The SMILES string of the molecule is Cc1cnc2[nH]c3c(OCC4CCN(CCOP(O)O)CC4)ccc(-c4cccc(SC5CC5)c4)c3c2c1. The van der Waals surface area contributed by atoms with Crippen molar-refractivity contribution in [1.82, 2.24) is 14.9 Å². The Morgan fingerprint density at radius 1 is 1.11 bits per heavy atom. The van der Waals surface area contributed by atoms with Crippen LogP contribution in [-0.4, -0.2) is 62.8 Å². The number of benzene rings is 2. The molecule has 38 heavy (non-hydrogen) atoms. The van der Waals surface area contributed by atoms with Crippen molar-refractivity contribution >= 4 is 42.3 Å². The van der Waals surface area contributed by atoms with Gasteiger partial charge in [0.15, 0.2) is 0 Å². The molecule has 1 saturated carbocycles. The molecule has 2 aromatic carbocycles.